The summed E-state index contributed by atoms with van der Waals surface area (Å²) in [6.07, 6.45) is 3.88. The van der Waals surface area contributed by atoms with Crippen LogP contribution in [0.5, 0.6) is 0 Å². The van der Waals surface area contributed by atoms with E-state index in [0.29, 0.717) is 5.92 Å². The molecule has 5 nitrogen and oxygen atoms in total. The molecule has 144 valence electrons. The third-order valence-corrected chi connectivity index (χ3v) is 5.43. The minimum Gasteiger partial charge on any atom is -0.393 e. The van der Waals surface area contributed by atoms with Crippen molar-refractivity contribution in [3.05, 3.63) is 35.4 Å². The SMILES string of the molecule is CCNC(=NCC1CCCOC1c1ccc(C)cc1)N1CCC(O)CC1. The largest absolute Gasteiger partial charge is 0.393 e. The molecule has 3 rings (SSSR count). The second kappa shape index (κ2) is 9.38. The number of nitrogens with zero attached hydrogens (tertiary/aromatic N) is 2. The average molecular weight is 360 g/mol. The molecule has 0 spiro atoms. The van der Waals surface area contributed by atoms with Gasteiger partial charge < -0.3 is 20.1 Å². The summed E-state index contributed by atoms with van der Waals surface area (Å²) >= 11 is 0. The maximum Gasteiger partial charge on any atom is 0.193 e. The molecule has 2 unspecified atom stereocenters. The zero-order chi connectivity index (χ0) is 18.4. The van der Waals surface area contributed by atoms with Gasteiger partial charge in [0, 0.05) is 38.7 Å². The monoisotopic (exact) mass is 359 g/mol. The molecule has 2 fully saturated rings. The summed E-state index contributed by atoms with van der Waals surface area (Å²) in [6, 6.07) is 8.71. The second-order valence-corrected chi connectivity index (χ2v) is 7.52. The first-order valence-corrected chi connectivity index (χ1v) is 10.1. The zero-order valence-electron chi connectivity index (χ0n) is 16.2. The Labute approximate surface area is 157 Å². The fraction of sp³-hybridized carbons (Fsp3) is 0.667. The first kappa shape index (κ1) is 19.2. The van der Waals surface area contributed by atoms with E-state index in [2.05, 4.69) is 48.3 Å². The van der Waals surface area contributed by atoms with Crippen LogP contribution in [0.4, 0.5) is 0 Å². The molecular formula is C21H33N3O2. The summed E-state index contributed by atoms with van der Waals surface area (Å²) in [4.78, 5) is 7.23. The molecule has 2 saturated heterocycles. The number of ether oxygens (including phenoxy) is 1. The summed E-state index contributed by atoms with van der Waals surface area (Å²) in [5.41, 5.74) is 2.54. The maximum absolute atomic E-state index is 9.75. The summed E-state index contributed by atoms with van der Waals surface area (Å²) in [5.74, 6) is 1.39. The van der Waals surface area contributed by atoms with E-state index in [1.54, 1.807) is 0 Å². The van der Waals surface area contributed by atoms with E-state index in [9.17, 15) is 5.11 Å². The van der Waals surface area contributed by atoms with Gasteiger partial charge >= 0.3 is 0 Å². The maximum atomic E-state index is 9.75. The van der Waals surface area contributed by atoms with Crippen LogP contribution in [0.1, 0.15) is 49.8 Å². The Morgan fingerprint density at radius 3 is 2.65 bits per heavy atom. The Kier molecular flexibility index (Phi) is 6.92. The van der Waals surface area contributed by atoms with Gasteiger partial charge in [-0.25, -0.2) is 0 Å². The number of aliphatic imine (C=N–C) groups is 1. The van der Waals surface area contributed by atoms with Crippen LogP contribution in [0.15, 0.2) is 29.3 Å². The number of likely N-dealkylation sites (tertiary alicyclic amines) is 1. The standard InChI is InChI=1S/C21H33N3O2/c1-3-22-21(24-12-10-19(25)11-13-24)23-15-18-5-4-14-26-20(18)17-8-6-16(2)7-9-17/h6-9,18-20,25H,3-5,10-15H2,1-2H3,(H,22,23). The lowest BCUT2D eigenvalue weighted by Crippen LogP contribution is -2.46. The minimum atomic E-state index is -0.160. The van der Waals surface area contributed by atoms with Crippen LogP contribution in [0.2, 0.25) is 0 Å². The van der Waals surface area contributed by atoms with E-state index in [-0.39, 0.29) is 12.2 Å². The molecule has 2 aliphatic rings. The Bertz CT molecular complexity index is 579. The van der Waals surface area contributed by atoms with Gasteiger partial charge in [0.2, 0.25) is 0 Å². The number of guanidine groups is 1. The molecule has 5 heteroatoms. The Morgan fingerprint density at radius 1 is 1.23 bits per heavy atom. The zero-order valence-corrected chi connectivity index (χ0v) is 16.2. The van der Waals surface area contributed by atoms with Crippen molar-refractivity contribution < 1.29 is 9.84 Å². The predicted octanol–water partition coefficient (Wildman–Crippen LogP) is 2.88. The second-order valence-electron chi connectivity index (χ2n) is 7.52. The van der Waals surface area contributed by atoms with Crippen molar-refractivity contribution in [1.29, 1.82) is 0 Å². The van der Waals surface area contributed by atoms with Crippen molar-refractivity contribution >= 4 is 5.96 Å². The van der Waals surface area contributed by atoms with E-state index in [4.69, 9.17) is 9.73 Å². The van der Waals surface area contributed by atoms with Gasteiger partial charge in [-0.3, -0.25) is 4.99 Å². The van der Waals surface area contributed by atoms with Gasteiger partial charge in [0.25, 0.3) is 0 Å². The highest BCUT2D eigenvalue weighted by molar-refractivity contribution is 5.80. The molecule has 0 amide bonds. The topological polar surface area (TPSA) is 57.1 Å². The Hall–Kier alpha value is -1.59. The minimum absolute atomic E-state index is 0.138. The fourth-order valence-corrected chi connectivity index (χ4v) is 3.86. The van der Waals surface area contributed by atoms with Crippen molar-refractivity contribution in [3.63, 3.8) is 0 Å². The number of aryl methyl sites for hydroxylation is 1. The molecule has 2 atom stereocenters. The van der Waals surface area contributed by atoms with Crippen LogP contribution in [0.3, 0.4) is 0 Å². The first-order chi connectivity index (χ1) is 12.7. The third kappa shape index (κ3) is 4.98. The first-order valence-electron chi connectivity index (χ1n) is 10.1. The molecule has 0 aliphatic carbocycles. The van der Waals surface area contributed by atoms with Crippen molar-refractivity contribution in [2.24, 2.45) is 10.9 Å². The molecule has 2 N–H and O–H groups in total. The van der Waals surface area contributed by atoms with E-state index in [1.807, 2.05) is 0 Å². The van der Waals surface area contributed by atoms with E-state index < -0.39 is 0 Å². The van der Waals surface area contributed by atoms with Crippen molar-refractivity contribution in [3.8, 4) is 0 Å². The lowest BCUT2D eigenvalue weighted by atomic mass is 9.89. The van der Waals surface area contributed by atoms with Crippen LogP contribution in [-0.2, 0) is 4.74 Å². The normalized spacial score (nSPS) is 25.3. The smallest absolute Gasteiger partial charge is 0.193 e. The fourth-order valence-electron chi connectivity index (χ4n) is 3.86. The molecule has 2 heterocycles. The number of aliphatic hydroxyl groups is 1. The highest BCUT2D eigenvalue weighted by atomic mass is 16.5. The molecule has 0 saturated carbocycles. The summed E-state index contributed by atoms with van der Waals surface area (Å²) in [5, 5.41) is 13.2. The number of rotatable bonds is 4. The van der Waals surface area contributed by atoms with E-state index in [0.717, 1.165) is 64.4 Å². The van der Waals surface area contributed by atoms with Crippen molar-refractivity contribution in [2.45, 2.75) is 51.7 Å². The van der Waals surface area contributed by atoms with Gasteiger partial charge in [0.1, 0.15) is 0 Å². The number of nitrogens with one attached hydrogen (secondary N) is 1. The average Bonchev–Trinajstić information content (AvgIpc) is 2.67. The van der Waals surface area contributed by atoms with Gasteiger partial charge in [-0.2, -0.15) is 0 Å². The lowest BCUT2D eigenvalue weighted by molar-refractivity contribution is -0.0251. The van der Waals surface area contributed by atoms with Crippen LogP contribution in [-0.4, -0.2) is 54.9 Å². The Balaban J connectivity index is 1.68. The van der Waals surface area contributed by atoms with Gasteiger partial charge in [0.15, 0.2) is 5.96 Å². The molecule has 1 aromatic rings. The number of hydrogen-bond acceptors (Lipinski definition) is 3. The van der Waals surface area contributed by atoms with Crippen LogP contribution in [0, 0.1) is 12.8 Å². The molecule has 2 aliphatic heterocycles. The number of benzene rings is 1. The van der Waals surface area contributed by atoms with Gasteiger partial charge in [-0.1, -0.05) is 29.8 Å². The van der Waals surface area contributed by atoms with Crippen LogP contribution in [0.25, 0.3) is 0 Å². The number of aliphatic hydroxyl groups excluding tert-OH is 1. The summed E-state index contributed by atoms with van der Waals surface area (Å²) in [6.45, 7) is 8.44. The lowest BCUT2D eigenvalue weighted by Gasteiger charge is -2.34. The molecule has 26 heavy (non-hydrogen) atoms. The van der Waals surface area contributed by atoms with Crippen molar-refractivity contribution in [2.75, 3.05) is 32.8 Å². The summed E-state index contributed by atoms with van der Waals surface area (Å²) in [7, 11) is 0. The quantitative estimate of drug-likeness (QED) is 0.641. The predicted molar refractivity (Wildman–Crippen MR) is 105 cm³/mol. The van der Waals surface area contributed by atoms with Crippen LogP contribution >= 0.6 is 0 Å². The third-order valence-electron chi connectivity index (χ3n) is 5.43. The molecular weight excluding hydrogens is 326 g/mol. The molecule has 0 radical (unpaired) electrons. The summed E-state index contributed by atoms with van der Waals surface area (Å²) < 4.78 is 6.13. The van der Waals surface area contributed by atoms with Crippen LogP contribution < -0.4 is 5.32 Å². The molecule has 1 aromatic carbocycles. The van der Waals surface area contributed by atoms with Gasteiger partial charge in [-0.05, 0) is 45.1 Å². The number of piperidine rings is 1. The van der Waals surface area contributed by atoms with Crippen molar-refractivity contribution in [1.82, 2.24) is 10.2 Å². The van der Waals surface area contributed by atoms with Gasteiger partial charge in [-0.15, -0.1) is 0 Å². The molecule has 0 aromatic heterocycles. The molecule has 0 bridgehead atoms. The highest BCUT2D eigenvalue weighted by Gasteiger charge is 2.28. The van der Waals surface area contributed by atoms with Gasteiger partial charge in [0.05, 0.1) is 12.2 Å². The highest BCUT2D eigenvalue weighted by Crippen LogP contribution is 2.34. The number of hydrogen-bond donors (Lipinski definition) is 2. The van der Waals surface area contributed by atoms with E-state index in [1.165, 1.54) is 11.1 Å². The van der Waals surface area contributed by atoms with E-state index >= 15 is 0 Å². The Morgan fingerprint density at radius 2 is 1.96 bits per heavy atom.